The standard InChI is InChI=1S/C22H17N3O6/c1-14-3-8-21(15(2)9-14)23-13-16-4-6-20(7-5-16)31-22(26)17-10-18(24(27)28)12-19(11-17)25(29)30/h3-13H,1-2H3. The van der Waals surface area contributed by atoms with Gasteiger partial charge in [-0.3, -0.25) is 25.2 Å². The number of esters is 1. The molecule has 0 fully saturated rings. The quantitative estimate of drug-likeness (QED) is 0.180. The number of hydrogen-bond donors (Lipinski definition) is 0. The summed E-state index contributed by atoms with van der Waals surface area (Å²) in [5.74, 6) is -0.758. The van der Waals surface area contributed by atoms with Crippen LogP contribution in [0.4, 0.5) is 17.1 Å². The minimum Gasteiger partial charge on any atom is -0.423 e. The minimum atomic E-state index is -0.941. The Morgan fingerprint density at radius 2 is 1.52 bits per heavy atom. The van der Waals surface area contributed by atoms with E-state index in [-0.39, 0.29) is 11.3 Å². The first-order valence-corrected chi connectivity index (χ1v) is 9.10. The Bertz CT molecular complexity index is 1170. The molecular weight excluding hydrogens is 402 g/mol. The highest BCUT2D eigenvalue weighted by atomic mass is 16.6. The molecule has 0 aliphatic heterocycles. The van der Waals surface area contributed by atoms with Gasteiger partial charge in [-0.15, -0.1) is 0 Å². The summed E-state index contributed by atoms with van der Waals surface area (Å²) in [5, 5.41) is 21.9. The van der Waals surface area contributed by atoms with Crippen molar-refractivity contribution in [1.82, 2.24) is 0 Å². The van der Waals surface area contributed by atoms with Gasteiger partial charge in [0, 0.05) is 18.3 Å². The summed E-state index contributed by atoms with van der Waals surface area (Å²) in [5.41, 5.74) is 2.38. The number of carbonyl (C=O) groups excluding carboxylic acids is 1. The average molecular weight is 419 g/mol. The number of benzene rings is 3. The first-order valence-electron chi connectivity index (χ1n) is 9.10. The molecule has 0 bridgehead atoms. The molecule has 9 nitrogen and oxygen atoms in total. The molecule has 3 aromatic carbocycles. The SMILES string of the molecule is Cc1ccc(N=Cc2ccc(OC(=O)c3cc([N+](=O)[O-])cc([N+](=O)[O-])c3)cc2)c(C)c1. The fraction of sp³-hybridized carbons (Fsp3) is 0.0909. The van der Waals surface area contributed by atoms with Crippen LogP contribution in [0.3, 0.4) is 0 Å². The van der Waals surface area contributed by atoms with Crippen LogP contribution in [0.15, 0.2) is 65.7 Å². The Morgan fingerprint density at radius 1 is 0.903 bits per heavy atom. The smallest absolute Gasteiger partial charge is 0.344 e. The molecule has 0 saturated heterocycles. The highest BCUT2D eigenvalue weighted by Crippen LogP contribution is 2.24. The van der Waals surface area contributed by atoms with Crippen LogP contribution in [0.5, 0.6) is 5.75 Å². The highest BCUT2D eigenvalue weighted by Gasteiger charge is 2.21. The number of hydrogen-bond acceptors (Lipinski definition) is 7. The van der Waals surface area contributed by atoms with Crippen LogP contribution in [0.2, 0.25) is 0 Å². The van der Waals surface area contributed by atoms with Crippen molar-refractivity contribution >= 4 is 29.2 Å². The summed E-state index contributed by atoms with van der Waals surface area (Å²) in [7, 11) is 0. The Hall–Kier alpha value is -4.40. The van der Waals surface area contributed by atoms with Crippen molar-refractivity contribution < 1.29 is 19.4 Å². The number of nitro groups is 2. The van der Waals surface area contributed by atoms with Crippen LogP contribution >= 0.6 is 0 Å². The normalized spacial score (nSPS) is 10.8. The van der Waals surface area contributed by atoms with Gasteiger partial charge in [0.05, 0.1) is 27.2 Å². The zero-order valence-electron chi connectivity index (χ0n) is 16.6. The van der Waals surface area contributed by atoms with E-state index in [1.807, 2.05) is 32.0 Å². The van der Waals surface area contributed by atoms with E-state index in [1.54, 1.807) is 18.3 Å². The fourth-order valence-electron chi connectivity index (χ4n) is 2.81. The molecule has 0 atom stereocenters. The summed E-state index contributed by atoms with van der Waals surface area (Å²) in [4.78, 5) is 37.1. The monoisotopic (exact) mass is 419 g/mol. The molecule has 0 aromatic heterocycles. The molecule has 0 aliphatic rings. The number of aliphatic imine (C=N–C) groups is 1. The van der Waals surface area contributed by atoms with E-state index < -0.39 is 27.2 Å². The second-order valence-electron chi connectivity index (χ2n) is 6.76. The van der Waals surface area contributed by atoms with Gasteiger partial charge in [0.15, 0.2) is 0 Å². The van der Waals surface area contributed by atoms with Crippen molar-refractivity contribution in [2.75, 3.05) is 0 Å². The molecule has 0 spiro atoms. The number of rotatable bonds is 6. The molecular formula is C22H17N3O6. The molecule has 0 radical (unpaired) electrons. The lowest BCUT2D eigenvalue weighted by atomic mass is 10.1. The summed E-state index contributed by atoms with van der Waals surface area (Å²) >= 11 is 0. The predicted octanol–water partition coefficient (Wildman–Crippen LogP) is 5.09. The summed E-state index contributed by atoms with van der Waals surface area (Å²) < 4.78 is 5.19. The Balaban J connectivity index is 1.75. The molecule has 9 heteroatoms. The summed E-state index contributed by atoms with van der Waals surface area (Å²) in [6, 6.07) is 15.0. The van der Waals surface area contributed by atoms with E-state index in [9.17, 15) is 25.0 Å². The number of carbonyl (C=O) groups is 1. The maximum atomic E-state index is 12.3. The number of nitro benzene ring substituents is 2. The van der Waals surface area contributed by atoms with Gasteiger partial charge in [-0.25, -0.2) is 4.79 Å². The zero-order valence-corrected chi connectivity index (χ0v) is 16.6. The van der Waals surface area contributed by atoms with Crippen LogP contribution < -0.4 is 4.74 Å². The van der Waals surface area contributed by atoms with Crippen molar-refractivity contribution in [3.8, 4) is 5.75 Å². The van der Waals surface area contributed by atoms with Gasteiger partial charge >= 0.3 is 5.97 Å². The lowest BCUT2D eigenvalue weighted by Crippen LogP contribution is -2.09. The molecule has 0 amide bonds. The molecule has 0 N–H and O–H groups in total. The predicted molar refractivity (Wildman–Crippen MR) is 114 cm³/mol. The van der Waals surface area contributed by atoms with E-state index in [1.165, 1.54) is 12.1 Å². The first kappa shape index (κ1) is 21.3. The lowest BCUT2D eigenvalue weighted by Gasteiger charge is -2.05. The largest absolute Gasteiger partial charge is 0.423 e. The maximum Gasteiger partial charge on any atom is 0.344 e. The third kappa shape index (κ3) is 5.36. The van der Waals surface area contributed by atoms with Gasteiger partial charge in [-0.1, -0.05) is 17.7 Å². The van der Waals surface area contributed by atoms with Crippen LogP contribution in [-0.4, -0.2) is 22.0 Å². The van der Waals surface area contributed by atoms with Crippen molar-refractivity contribution in [2.24, 2.45) is 4.99 Å². The van der Waals surface area contributed by atoms with Crippen molar-refractivity contribution in [3.05, 3.63) is 103 Å². The van der Waals surface area contributed by atoms with Gasteiger partial charge in [-0.05, 0) is 55.3 Å². The summed E-state index contributed by atoms with van der Waals surface area (Å²) in [6.45, 7) is 3.98. The van der Waals surface area contributed by atoms with Crippen LogP contribution in [0, 0.1) is 34.1 Å². The van der Waals surface area contributed by atoms with E-state index in [4.69, 9.17) is 4.74 Å². The van der Waals surface area contributed by atoms with E-state index in [0.717, 1.165) is 40.6 Å². The Labute approximate surface area is 176 Å². The topological polar surface area (TPSA) is 125 Å². The molecule has 0 unspecified atom stereocenters. The summed E-state index contributed by atoms with van der Waals surface area (Å²) in [6.07, 6.45) is 1.67. The van der Waals surface area contributed by atoms with Gasteiger partial charge in [0.25, 0.3) is 11.4 Å². The van der Waals surface area contributed by atoms with Gasteiger partial charge in [0.1, 0.15) is 5.75 Å². The Morgan fingerprint density at radius 3 is 2.06 bits per heavy atom. The van der Waals surface area contributed by atoms with Crippen LogP contribution in [-0.2, 0) is 0 Å². The lowest BCUT2D eigenvalue weighted by molar-refractivity contribution is -0.394. The fourth-order valence-corrected chi connectivity index (χ4v) is 2.81. The number of nitrogens with zero attached hydrogens (tertiary/aromatic N) is 3. The highest BCUT2D eigenvalue weighted by molar-refractivity contribution is 5.92. The van der Waals surface area contributed by atoms with Crippen molar-refractivity contribution in [1.29, 1.82) is 0 Å². The van der Waals surface area contributed by atoms with Crippen LogP contribution in [0.1, 0.15) is 27.0 Å². The molecule has 0 heterocycles. The maximum absolute atomic E-state index is 12.3. The average Bonchev–Trinajstić information content (AvgIpc) is 2.73. The molecule has 31 heavy (non-hydrogen) atoms. The van der Waals surface area contributed by atoms with E-state index >= 15 is 0 Å². The van der Waals surface area contributed by atoms with E-state index in [0.29, 0.717) is 0 Å². The molecule has 3 aromatic rings. The number of ether oxygens (including phenoxy) is 1. The second kappa shape index (κ2) is 8.95. The molecule has 0 aliphatic carbocycles. The molecule has 0 saturated carbocycles. The third-order valence-corrected chi connectivity index (χ3v) is 4.36. The van der Waals surface area contributed by atoms with Gasteiger partial charge in [0.2, 0.25) is 0 Å². The van der Waals surface area contributed by atoms with Crippen molar-refractivity contribution in [2.45, 2.75) is 13.8 Å². The number of aryl methyl sites for hydroxylation is 2. The molecule has 3 rings (SSSR count). The molecule has 156 valence electrons. The van der Waals surface area contributed by atoms with E-state index in [2.05, 4.69) is 4.99 Å². The van der Waals surface area contributed by atoms with Gasteiger partial charge < -0.3 is 4.74 Å². The minimum absolute atomic E-state index is 0.183. The Kier molecular flexibility index (Phi) is 6.15. The number of non-ortho nitro benzene ring substituents is 2. The van der Waals surface area contributed by atoms with Gasteiger partial charge in [-0.2, -0.15) is 0 Å². The van der Waals surface area contributed by atoms with Crippen LogP contribution in [0.25, 0.3) is 0 Å². The zero-order chi connectivity index (χ0) is 22.5. The first-order chi connectivity index (χ1) is 14.7. The second-order valence-corrected chi connectivity index (χ2v) is 6.76. The third-order valence-electron chi connectivity index (χ3n) is 4.36. The van der Waals surface area contributed by atoms with Crippen molar-refractivity contribution in [3.63, 3.8) is 0 Å².